The first-order valence-corrected chi connectivity index (χ1v) is 10.5. The molecule has 4 rings (SSSR count). The Morgan fingerprint density at radius 3 is 2.68 bits per heavy atom. The molecule has 0 fully saturated rings. The van der Waals surface area contributed by atoms with E-state index in [0.717, 1.165) is 23.0 Å². The molecule has 0 aliphatic rings. The Balaban J connectivity index is 1.63. The highest BCUT2D eigenvalue weighted by atomic mass is 32.2. The van der Waals surface area contributed by atoms with Crippen molar-refractivity contribution in [2.24, 2.45) is 0 Å². The number of thioether (sulfide) groups is 1. The quantitative estimate of drug-likeness (QED) is 0.376. The molecule has 0 saturated heterocycles. The Bertz CT molecular complexity index is 1270. The van der Waals surface area contributed by atoms with Gasteiger partial charge in [0.15, 0.2) is 11.6 Å². The minimum atomic E-state index is -0.499. The molecule has 8 nitrogen and oxygen atoms in total. The summed E-state index contributed by atoms with van der Waals surface area (Å²) < 4.78 is 7.03. The van der Waals surface area contributed by atoms with Crippen LogP contribution in [0.25, 0.3) is 11.4 Å². The smallest absolute Gasteiger partial charge is 0.226 e. The van der Waals surface area contributed by atoms with Crippen molar-refractivity contribution in [3.63, 3.8) is 0 Å². The van der Waals surface area contributed by atoms with Gasteiger partial charge in [0.05, 0.1) is 12.3 Å². The summed E-state index contributed by atoms with van der Waals surface area (Å²) >= 11 is 1.32. The minimum absolute atomic E-state index is 0.195. The molecule has 2 aromatic heterocycles. The van der Waals surface area contributed by atoms with Crippen molar-refractivity contribution in [2.75, 3.05) is 5.43 Å². The lowest BCUT2D eigenvalue weighted by atomic mass is 10.1. The highest BCUT2D eigenvalue weighted by molar-refractivity contribution is 7.98. The normalized spacial score (nSPS) is 10.9. The van der Waals surface area contributed by atoms with E-state index in [9.17, 15) is 15.0 Å². The highest BCUT2D eigenvalue weighted by Gasteiger charge is 2.16. The van der Waals surface area contributed by atoms with E-state index in [1.807, 2.05) is 43.3 Å². The summed E-state index contributed by atoms with van der Waals surface area (Å²) in [6.45, 7) is 2.35. The Morgan fingerprint density at radius 1 is 1.06 bits per heavy atom. The molecule has 9 heteroatoms. The second-order valence-electron chi connectivity index (χ2n) is 6.86. The van der Waals surface area contributed by atoms with Crippen molar-refractivity contribution in [1.29, 1.82) is 0 Å². The number of hydrogen-bond acceptors (Lipinski definition) is 8. The molecule has 0 radical (unpaired) electrons. The third-order valence-electron chi connectivity index (χ3n) is 4.54. The summed E-state index contributed by atoms with van der Waals surface area (Å²) in [5.74, 6) is 1.11. The van der Waals surface area contributed by atoms with E-state index >= 15 is 0 Å². The Morgan fingerprint density at radius 2 is 1.90 bits per heavy atom. The van der Waals surface area contributed by atoms with Crippen molar-refractivity contribution in [3.05, 3.63) is 88.0 Å². The number of phenols is 1. The van der Waals surface area contributed by atoms with Gasteiger partial charge in [-0.05, 0) is 19.1 Å². The zero-order valence-corrected chi connectivity index (χ0v) is 17.5. The molecule has 0 amide bonds. The molecular formula is C22H20N4O4S. The predicted molar refractivity (Wildman–Crippen MR) is 118 cm³/mol. The van der Waals surface area contributed by atoms with Gasteiger partial charge in [0.25, 0.3) is 0 Å². The third-order valence-corrected chi connectivity index (χ3v) is 5.49. The predicted octanol–water partition coefficient (Wildman–Crippen LogP) is 3.65. The van der Waals surface area contributed by atoms with Crippen LogP contribution in [0.4, 0.5) is 0 Å². The maximum absolute atomic E-state index is 11.6. The lowest BCUT2D eigenvalue weighted by molar-refractivity contribution is 0.419. The number of aromatic nitrogens is 3. The van der Waals surface area contributed by atoms with Gasteiger partial charge in [0.2, 0.25) is 10.6 Å². The van der Waals surface area contributed by atoms with Gasteiger partial charge in [-0.1, -0.05) is 53.7 Å². The second-order valence-corrected chi connectivity index (χ2v) is 7.80. The Labute approximate surface area is 182 Å². The molecule has 0 aliphatic heterocycles. The summed E-state index contributed by atoms with van der Waals surface area (Å²) in [6.07, 6.45) is 1.03. The van der Waals surface area contributed by atoms with Crippen molar-refractivity contribution >= 4 is 11.8 Å². The number of aryl methyl sites for hydroxylation is 1. The zero-order chi connectivity index (χ0) is 21.8. The molecule has 2 heterocycles. The maximum atomic E-state index is 11.6. The van der Waals surface area contributed by atoms with E-state index in [0.29, 0.717) is 29.0 Å². The Hall–Kier alpha value is -3.72. The van der Waals surface area contributed by atoms with Crippen molar-refractivity contribution in [2.45, 2.75) is 24.4 Å². The molecule has 31 heavy (non-hydrogen) atoms. The minimum Gasteiger partial charge on any atom is -0.508 e. The fraction of sp³-hybridized carbons (Fsp3) is 0.136. The maximum Gasteiger partial charge on any atom is 0.226 e. The first-order chi connectivity index (χ1) is 15.0. The summed E-state index contributed by atoms with van der Waals surface area (Å²) in [7, 11) is 0. The number of para-hydroxylation sites is 1. The molecule has 3 N–H and O–H groups in total. The molecule has 0 aliphatic carbocycles. The molecule has 158 valence electrons. The summed E-state index contributed by atoms with van der Waals surface area (Å²) in [4.78, 5) is 11.6. The van der Waals surface area contributed by atoms with Crippen molar-refractivity contribution < 1.29 is 14.6 Å². The average molecular weight is 436 g/mol. The SMILES string of the molecule is Cc1cccc(-c2nnc(SCc3cc(=O)c(O)co3)n2NCc2ccccc2O)c1. The molecule has 0 spiro atoms. The largest absolute Gasteiger partial charge is 0.508 e. The van der Waals surface area contributed by atoms with Gasteiger partial charge < -0.3 is 20.1 Å². The van der Waals surface area contributed by atoms with Crippen LogP contribution in [-0.4, -0.2) is 25.1 Å². The van der Waals surface area contributed by atoms with Gasteiger partial charge >= 0.3 is 0 Å². The first kappa shape index (κ1) is 20.5. The van der Waals surface area contributed by atoms with E-state index in [1.54, 1.807) is 16.8 Å². The number of hydrogen-bond donors (Lipinski definition) is 3. The van der Waals surface area contributed by atoms with Crippen LogP contribution in [0.1, 0.15) is 16.9 Å². The molecule has 0 atom stereocenters. The van der Waals surface area contributed by atoms with Crippen LogP contribution in [0.15, 0.2) is 75.2 Å². The van der Waals surface area contributed by atoms with E-state index in [1.165, 1.54) is 17.8 Å². The van der Waals surface area contributed by atoms with Crippen molar-refractivity contribution in [1.82, 2.24) is 14.9 Å². The van der Waals surface area contributed by atoms with Crippen LogP contribution in [0.5, 0.6) is 11.5 Å². The number of rotatable bonds is 7. The van der Waals surface area contributed by atoms with Crippen LogP contribution in [0.2, 0.25) is 0 Å². The number of benzene rings is 2. The number of nitrogens with one attached hydrogen (secondary N) is 1. The monoisotopic (exact) mass is 436 g/mol. The lowest BCUT2D eigenvalue weighted by Gasteiger charge is -2.14. The topological polar surface area (TPSA) is 113 Å². The van der Waals surface area contributed by atoms with Crippen LogP contribution < -0.4 is 10.9 Å². The van der Waals surface area contributed by atoms with Crippen LogP contribution >= 0.6 is 11.8 Å². The fourth-order valence-electron chi connectivity index (χ4n) is 2.96. The van der Waals surface area contributed by atoms with E-state index < -0.39 is 11.2 Å². The molecule has 4 aromatic rings. The highest BCUT2D eigenvalue weighted by Crippen LogP contribution is 2.26. The molecule has 0 bridgehead atoms. The summed E-state index contributed by atoms with van der Waals surface area (Å²) in [5.41, 5.74) is 5.48. The van der Waals surface area contributed by atoms with E-state index in [4.69, 9.17) is 4.42 Å². The van der Waals surface area contributed by atoms with Gasteiger partial charge in [0.1, 0.15) is 17.8 Å². The lowest BCUT2D eigenvalue weighted by Crippen LogP contribution is -2.17. The first-order valence-electron chi connectivity index (χ1n) is 9.48. The van der Waals surface area contributed by atoms with Crippen LogP contribution in [-0.2, 0) is 12.3 Å². The standard InChI is InChI=1S/C22H20N4O4S/c1-14-5-4-7-15(9-14)21-24-25-22(31-13-17-10-19(28)20(29)12-30-17)26(21)23-11-16-6-2-3-8-18(16)27/h2-10,12,23,27,29H,11,13H2,1H3. The molecular weight excluding hydrogens is 416 g/mol. The average Bonchev–Trinajstić information content (AvgIpc) is 3.17. The summed E-state index contributed by atoms with van der Waals surface area (Å²) in [5, 5.41) is 28.6. The molecule has 0 saturated carbocycles. The van der Waals surface area contributed by atoms with E-state index in [-0.39, 0.29) is 5.75 Å². The van der Waals surface area contributed by atoms with Gasteiger partial charge in [0, 0.05) is 17.2 Å². The van der Waals surface area contributed by atoms with Gasteiger partial charge in [-0.25, -0.2) is 4.68 Å². The van der Waals surface area contributed by atoms with Crippen LogP contribution in [0, 0.1) is 6.92 Å². The number of aromatic hydroxyl groups is 2. The van der Waals surface area contributed by atoms with Gasteiger partial charge in [-0.2, -0.15) is 0 Å². The zero-order valence-electron chi connectivity index (χ0n) is 16.6. The van der Waals surface area contributed by atoms with E-state index in [2.05, 4.69) is 15.6 Å². The second kappa shape index (κ2) is 8.97. The number of phenolic OH excluding ortho intramolecular Hbond substituents is 1. The van der Waals surface area contributed by atoms with Crippen molar-refractivity contribution in [3.8, 4) is 22.9 Å². The molecule has 0 unspecified atom stereocenters. The fourth-order valence-corrected chi connectivity index (χ4v) is 3.76. The Kier molecular flexibility index (Phi) is 5.94. The van der Waals surface area contributed by atoms with Gasteiger partial charge in [-0.15, -0.1) is 10.2 Å². The molecule has 2 aromatic carbocycles. The number of nitrogens with zero attached hydrogens (tertiary/aromatic N) is 3. The van der Waals surface area contributed by atoms with Crippen LogP contribution in [0.3, 0.4) is 0 Å². The summed E-state index contributed by atoms with van der Waals surface area (Å²) in [6, 6.07) is 16.2. The van der Waals surface area contributed by atoms with Gasteiger partial charge in [-0.3, -0.25) is 4.79 Å². The third kappa shape index (κ3) is 4.72.